The molecule has 2 heterocycles. The zero-order valence-corrected chi connectivity index (χ0v) is 10.3. The smallest absolute Gasteiger partial charge is 0.302 e. The van der Waals surface area contributed by atoms with Crippen molar-refractivity contribution in [3.05, 3.63) is 53.9 Å². The van der Waals surface area contributed by atoms with Crippen LogP contribution in [0.3, 0.4) is 0 Å². The number of nitrogens with zero attached hydrogens (tertiary/aromatic N) is 2. The summed E-state index contributed by atoms with van der Waals surface area (Å²) in [6.45, 7) is 1.87. The molecule has 0 aliphatic rings. The standard InChI is InChI=1S/C14H11N3O2/c1-9-7-12-11(8-15-9)16-14(19-12)17-13(18)10-5-3-2-4-6-10/h2-8H,1H3,(H,16,17,18). The molecule has 0 bridgehead atoms. The van der Waals surface area contributed by atoms with Crippen LogP contribution in [0.4, 0.5) is 6.01 Å². The molecule has 5 nitrogen and oxygen atoms in total. The first-order valence-electron chi connectivity index (χ1n) is 5.82. The molecule has 0 aliphatic heterocycles. The third-order valence-corrected chi connectivity index (χ3v) is 2.67. The minimum Gasteiger partial charge on any atom is -0.423 e. The number of anilines is 1. The summed E-state index contributed by atoms with van der Waals surface area (Å²) in [5.74, 6) is -0.253. The molecule has 0 aliphatic carbocycles. The monoisotopic (exact) mass is 253 g/mol. The van der Waals surface area contributed by atoms with Crippen LogP contribution in [0.2, 0.25) is 0 Å². The maximum atomic E-state index is 11.9. The summed E-state index contributed by atoms with van der Waals surface area (Å²) >= 11 is 0. The molecule has 0 atom stereocenters. The van der Waals surface area contributed by atoms with Crippen molar-refractivity contribution in [2.24, 2.45) is 0 Å². The molecule has 1 aromatic carbocycles. The Morgan fingerprint density at radius 3 is 2.84 bits per heavy atom. The van der Waals surface area contributed by atoms with E-state index >= 15 is 0 Å². The fourth-order valence-corrected chi connectivity index (χ4v) is 1.74. The van der Waals surface area contributed by atoms with Crippen molar-refractivity contribution < 1.29 is 9.21 Å². The van der Waals surface area contributed by atoms with Crippen LogP contribution in [0.1, 0.15) is 16.1 Å². The molecule has 1 amide bonds. The number of oxazole rings is 1. The second-order valence-corrected chi connectivity index (χ2v) is 4.13. The highest BCUT2D eigenvalue weighted by molar-refractivity contribution is 6.03. The van der Waals surface area contributed by atoms with Crippen molar-refractivity contribution in [3.8, 4) is 0 Å². The van der Waals surface area contributed by atoms with Gasteiger partial charge in [0, 0.05) is 17.3 Å². The predicted molar refractivity (Wildman–Crippen MR) is 70.9 cm³/mol. The van der Waals surface area contributed by atoms with Gasteiger partial charge in [-0.1, -0.05) is 18.2 Å². The van der Waals surface area contributed by atoms with Gasteiger partial charge in [0.25, 0.3) is 5.91 Å². The minimum atomic E-state index is -0.253. The number of rotatable bonds is 2. The summed E-state index contributed by atoms with van der Waals surface area (Å²) in [6, 6.07) is 10.9. The Bertz CT molecular complexity index is 735. The number of benzene rings is 1. The van der Waals surface area contributed by atoms with Gasteiger partial charge in [0.2, 0.25) is 0 Å². The van der Waals surface area contributed by atoms with Crippen LogP contribution >= 0.6 is 0 Å². The Labute approximate surface area is 109 Å². The Morgan fingerprint density at radius 2 is 2.05 bits per heavy atom. The second kappa shape index (κ2) is 4.53. The molecule has 94 valence electrons. The summed E-state index contributed by atoms with van der Waals surface area (Å²) in [5.41, 5.74) is 2.62. The molecule has 1 N–H and O–H groups in total. The van der Waals surface area contributed by atoms with Gasteiger partial charge in [0.05, 0.1) is 6.20 Å². The van der Waals surface area contributed by atoms with Gasteiger partial charge in [-0.15, -0.1) is 0 Å². The maximum absolute atomic E-state index is 11.9. The van der Waals surface area contributed by atoms with Gasteiger partial charge in [-0.25, -0.2) is 0 Å². The van der Waals surface area contributed by atoms with Gasteiger partial charge in [-0.05, 0) is 19.1 Å². The van der Waals surface area contributed by atoms with Crippen LogP contribution in [0.15, 0.2) is 47.0 Å². The van der Waals surface area contributed by atoms with E-state index in [1.54, 1.807) is 36.5 Å². The molecule has 19 heavy (non-hydrogen) atoms. The molecule has 0 radical (unpaired) electrons. The third kappa shape index (κ3) is 2.30. The molecule has 0 unspecified atom stereocenters. The number of aryl methyl sites for hydroxylation is 1. The van der Waals surface area contributed by atoms with Crippen LogP contribution in [0, 0.1) is 6.92 Å². The average molecular weight is 253 g/mol. The van der Waals surface area contributed by atoms with Crippen molar-refractivity contribution in [2.45, 2.75) is 6.92 Å². The van der Waals surface area contributed by atoms with E-state index in [0.29, 0.717) is 16.7 Å². The summed E-state index contributed by atoms with van der Waals surface area (Å²) in [4.78, 5) is 20.2. The number of hydrogen-bond acceptors (Lipinski definition) is 4. The van der Waals surface area contributed by atoms with Gasteiger partial charge >= 0.3 is 6.01 Å². The van der Waals surface area contributed by atoms with Gasteiger partial charge in [-0.3, -0.25) is 15.1 Å². The average Bonchev–Trinajstić information content (AvgIpc) is 2.81. The maximum Gasteiger partial charge on any atom is 0.302 e. The van der Waals surface area contributed by atoms with Crippen molar-refractivity contribution >= 4 is 23.0 Å². The van der Waals surface area contributed by atoms with Crippen molar-refractivity contribution in [1.82, 2.24) is 9.97 Å². The van der Waals surface area contributed by atoms with E-state index in [9.17, 15) is 4.79 Å². The lowest BCUT2D eigenvalue weighted by Crippen LogP contribution is -2.11. The van der Waals surface area contributed by atoms with E-state index in [1.165, 1.54) is 0 Å². The highest BCUT2D eigenvalue weighted by Crippen LogP contribution is 2.19. The van der Waals surface area contributed by atoms with Crippen molar-refractivity contribution in [2.75, 3.05) is 5.32 Å². The van der Waals surface area contributed by atoms with Crippen LogP contribution in [-0.4, -0.2) is 15.9 Å². The number of aromatic nitrogens is 2. The predicted octanol–water partition coefficient (Wildman–Crippen LogP) is 2.78. The fourth-order valence-electron chi connectivity index (χ4n) is 1.74. The summed E-state index contributed by atoms with van der Waals surface area (Å²) in [7, 11) is 0. The van der Waals surface area contributed by atoms with Crippen LogP contribution in [0.25, 0.3) is 11.1 Å². The minimum absolute atomic E-state index is 0.177. The van der Waals surface area contributed by atoms with Crippen LogP contribution in [-0.2, 0) is 0 Å². The number of nitrogens with one attached hydrogen (secondary N) is 1. The molecule has 0 fully saturated rings. The number of carbonyl (C=O) groups excluding carboxylic acids is 1. The zero-order valence-electron chi connectivity index (χ0n) is 10.3. The van der Waals surface area contributed by atoms with Crippen LogP contribution in [0.5, 0.6) is 0 Å². The fraction of sp³-hybridized carbons (Fsp3) is 0.0714. The lowest BCUT2D eigenvalue weighted by atomic mass is 10.2. The Balaban J connectivity index is 1.87. The molecule has 0 saturated heterocycles. The number of fused-ring (bicyclic) bond motifs is 1. The highest BCUT2D eigenvalue weighted by Gasteiger charge is 2.11. The van der Waals surface area contributed by atoms with Crippen molar-refractivity contribution in [1.29, 1.82) is 0 Å². The summed E-state index contributed by atoms with van der Waals surface area (Å²) in [6.07, 6.45) is 1.62. The van der Waals surface area contributed by atoms with E-state index in [2.05, 4.69) is 15.3 Å². The van der Waals surface area contributed by atoms with E-state index in [1.807, 2.05) is 13.0 Å². The molecule has 2 aromatic heterocycles. The quantitative estimate of drug-likeness (QED) is 0.762. The van der Waals surface area contributed by atoms with Gasteiger partial charge < -0.3 is 4.42 Å². The van der Waals surface area contributed by atoms with Gasteiger partial charge in [0.1, 0.15) is 5.52 Å². The Kier molecular flexibility index (Phi) is 2.72. The van der Waals surface area contributed by atoms with Gasteiger partial charge in [-0.2, -0.15) is 4.98 Å². The number of pyridine rings is 1. The topological polar surface area (TPSA) is 68.0 Å². The van der Waals surface area contributed by atoms with E-state index in [4.69, 9.17) is 4.42 Å². The number of hydrogen-bond donors (Lipinski definition) is 1. The SMILES string of the molecule is Cc1cc2oc(NC(=O)c3ccccc3)nc2cn1. The largest absolute Gasteiger partial charge is 0.423 e. The molecule has 0 saturated carbocycles. The van der Waals surface area contributed by atoms with E-state index in [-0.39, 0.29) is 11.9 Å². The first-order chi connectivity index (χ1) is 9.22. The molecule has 3 rings (SSSR count). The first kappa shape index (κ1) is 11.4. The lowest BCUT2D eigenvalue weighted by Gasteiger charge is -1.99. The van der Waals surface area contributed by atoms with E-state index in [0.717, 1.165) is 5.69 Å². The molecular formula is C14H11N3O2. The number of carbonyl (C=O) groups is 1. The summed E-state index contributed by atoms with van der Waals surface area (Å²) < 4.78 is 5.46. The number of amides is 1. The third-order valence-electron chi connectivity index (χ3n) is 2.67. The first-order valence-corrected chi connectivity index (χ1v) is 5.82. The Morgan fingerprint density at radius 1 is 1.26 bits per heavy atom. The summed E-state index contributed by atoms with van der Waals surface area (Å²) in [5, 5.41) is 2.62. The Hall–Kier alpha value is -2.69. The lowest BCUT2D eigenvalue weighted by molar-refractivity contribution is 0.102. The zero-order chi connectivity index (χ0) is 13.2. The highest BCUT2D eigenvalue weighted by atomic mass is 16.4. The van der Waals surface area contributed by atoms with Crippen LogP contribution < -0.4 is 5.32 Å². The molecular weight excluding hydrogens is 242 g/mol. The normalized spacial score (nSPS) is 10.6. The van der Waals surface area contributed by atoms with Crippen molar-refractivity contribution in [3.63, 3.8) is 0 Å². The van der Waals surface area contributed by atoms with E-state index < -0.39 is 0 Å². The second-order valence-electron chi connectivity index (χ2n) is 4.13. The molecule has 0 spiro atoms. The molecule has 5 heteroatoms. The molecule has 3 aromatic rings. The van der Waals surface area contributed by atoms with Gasteiger partial charge in [0.15, 0.2) is 5.58 Å².